The van der Waals surface area contributed by atoms with Crippen LogP contribution in [0.25, 0.3) is 10.9 Å². The predicted molar refractivity (Wildman–Crippen MR) is 68.4 cm³/mol. The van der Waals surface area contributed by atoms with Crippen molar-refractivity contribution in [1.29, 1.82) is 0 Å². The summed E-state index contributed by atoms with van der Waals surface area (Å²) in [6.45, 7) is 2.11. The molecule has 1 aromatic carbocycles. The number of H-pyrrole nitrogens is 1. The second-order valence-electron chi connectivity index (χ2n) is 4.45. The van der Waals surface area contributed by atoms with Crippen LogP contribution < -0.4 is 29.0 Å². The summed E-state index contributed by atoms with van der Waals surface area (Å²) in [6, 6.07) is 6.74. The molecule has 0 bridgehead atoms. The van der Waals surface area contributed by atoms with E-state index in [0.717, 1.165) is 24.6 Å². The molecule has 19 heavy (non-hydrogen) atoms. The number of benzene rings is 1. The van der Waals surface area contributed by atoms with E-state index in [0.29, 0.717) is 17.5 Å². The minimum Gasteiger partial charge on any atom is -0.868 e. The molecular formula is C15H17LiNO2+. The molecule has 3 nitrogen and oxygen atoms in total. The molecule has 0 aliphatic heterocycles. The first-order valence-electron chi connectivity index (χ1n) is 6.37. The third-order valence-corrected chi connectivity index (χ3v) is 3.10. The molecule has 0 spiro atoms. The average Bonchev–Trinajstić information content (AvgIpc) is 2.39. The SMILES string of the molecule is CCCCCC(=O)c1ccc([O-])c2[nH+]cccc12.[Li+]. The number of carbonyl (C=O) groups excluding carboxylic acids is 1. The number of Topliss-reactive ketones (excluding diaryl/α,β-unsaturated/α-hetero) is 1. The van der Waals surface area contributed by atoms with Crippen molar-refractivity contribution in [3.8, 4) is 5.75 Å². The number of unbranched alkanes of at least 4 members (excludes halogenated alkanes) is 2. The van der Waals surface area contributed by atoms with Gasteiger partial charge in [-0.25, -0.2) is 4.98 Å². The van der Waals surface area contributed by atoms with Crippen LogP contribution in [0.3, 0.4) is 0 Å². The van der Waals surface area contributed by atoms with Gasteiger partial charge in [-0.15, -0.1) is 0 Å². The fourth-order valence-electron chi connectivity index (χ4n) is 2.11. The van der Waals surface area contributed by atoms with E-state index in [1.807, 2.05) is 12.1 Å². The van der Waals surface area contributed by atoms with Crippen LogP contribution in [0, 0.1) is 0 Å². The minimum absolute atomic E-state index is 0. The summed E-state index contributed by atoms with van der Waals surface area (Å²) in [5.41, 5.74) is 1.16. The first kappa shape index (κ1) is 15.8. The van der Waals surface area contributed by atoms with Gasteiger partial charge in [-0.05, 0) is 18.2 Å². The zero-order valence-electron chi connectivity index (χ0n) is 11.5. The number of hydrogen-bond donors (Lipinski definition) is 0. The summed E-state index contributed by atoms with van der Waals surface area (Å²) in [6.07, 6.45) is 5.33. The number of hydrogen-bond acceptors (Lipinski definition) is 2. The maximum absolute atomic E-state index is 12.1. The van der Waals surface area contributed by atoms with E-state index in [1.54, 1.807) is 12.3 Å². The Hall–Kier alpha value is -1.30. The summed E-state index contributed by atoms with van der Waals surface area (Å²) in [4.78, 5) is 15.0. The van der Waals surface area contributed by atoms with Crippen molar-refractivity contribution in [2.45, 2.75) is 32.6 Å². The minimum atomic E-state index is -0.0734. The first-order valence-corrected chi connectivity index (χ1v) is 6.37. The van der Waals surface area contributed by atoms with Gasteiger partial charge in [0.15, 0.2) is 12.0 Å². The topological polar surface area (TPSA) is 54.3 Å². The predicted octanol–water partition coefficient (Wildman–Crippen LogP) is -0.505. The summed E-state index contributed by atoms with van der Waals surface area (Å²) in [7, 11) is 0. The van der Waals surface area contributed by atoms with Gasteiger partial charge in [0.05, 0.1) is 5.39 Å². The van der Waals surface area contributed by atoms with E-state index in [-0.39, 0.29) is 30.4 Å². The van der Waals surface area contributed by atoms with Crippen LogP contribution in [0.5, 0.6) is 5.75 Å². The van der Waals surface area contributed by atoms with E-state index >= 15 is 0 Å². The molecule has 0 unspecified atom stereocenters. The number of pyridine rings is 1. The van der Waals surface area contributed by atoms with Gasteiger partial charge >= 0.3 is 18.9 Å². The fourth-order valence-corrected chi connectivity index (χ4v) is 2.11. The van der Waals surface area contributed by atoms with Crippen molar-refractivity contribution in [3.63, 3.8) is 0 Å². The third-order valence-electron chi connectivity index (χ3n) is 3.10. The molecule has 0 saturated carbocycles. The van der Waals surface area contributed by atoms with Crippen molar-refractivity contribution in [3.05, 3.63) is 36.0 Å². The van der Waals surface area contributed by atoms with Gasteiger partial charge in [-0.1, -0.05) is 31.9 Å². The summed E-state index contributed by atoms with van der Waals surface area (Å²) in [5.74, 6) is 0.0451. The number of nitrogens with one attached hydrogen (secondary N) is 1. The maximum Gasteiger partial charge on any atom is 1.00 e. The molecule has 2 aromatic rings. The van der Waals surface area contributed by atoms with Crippen molar-refractivity contribution >= 4 is 16.7 Å². The van der Waals surface area contributed by atoms with Gasteiger partial charge < -0.3 is 5.11 Å². The Balaban J connectivity index is 0.00000180. The van der Waals surface area contributed by atoms with Gasteiger partial charge in [0.2, 0.25) is 5.52 Å². The molecule has 1 aromatic heterocycles. The van der Waals surface area contributed by atoms with E-state index in [2.05, 4.69) is 11.9 Å². The van der Waals surface area contributed by atoms with Crippen LogP contribution in [0.4, 0.5) is 0 Å². The smallest absolute Gasteiger partial charge is 0.868 e. The molecule has 1 heterocycles. The van der Waals surface area contributed by atoms with Gasteiger partial charge in [0.25, 0.3) is 0 Å². The van der Waals surface area contributed by atoms with Gasteiger partial charge in [0, 0.05) is 18.1 Å². The van der Waals surface area contributed by atoms with Crippen molar-refractivity contribution in [2.75, 3.05) is 0 Å². The number of carbonyl (C=O) groups is 1. The molecule has 0 fully saturated rings. The normalized spacial score (nSPS) is 10.2. The van der Waals surface area contributed by atoms with E-state index in [9.17, 15) is 9.90 Å². The van der Waals surface area contributed by atoms with Gasteiger partial charge in [0.1, 0.15) is 0 Å². The quantitative estimate of drug-likeness (QED) is 0.408. The Kier molecular flexibility index (Phi) is 6.07. The number of aromatic amines is 1. The molecule has 2 rings (SSSR count). The molecule has 0 radical (unpaired) electrons. The molecule has 4 heteroatoms. The molecule has 0 aliphatic carbocycles. The molecular weight excluding hydrogens is 233 g/mol. The monoisotopic (exact) mass is 250 g/mol. The molecule has 94 valence electrons. The van der Waals surface area contributed by atoms with Gasteiger partial charge in [-0.2, -0.15) is 0 Å². The summed E-state index contributed by atoms with van der Waals surface area (Å²) >= 11 is 0. The van der Waals surface area contributed by atoms with E-state index < -0.39 is 0 Å². The van der Waals surface area contributed by atoms with Crippen LogP contribution in [0.1, 0.15) is 43.0 Å². The fraction of sp³-hybridized carbons (Fsp3) is 0.333. The standard InChI is InChI=1S/C15H17NO2.Li/c1-2-3-4-7-13(17)11-8-9-14(18)15-12(11)6-5-10-16-15;/h5-6,8-10,18H,2-4,7H2,1H3;/q;+1. The second kappa shape index (κ2) is 7.33. The number of ketones is 1. The maximum atomic E-state index is 12.1. The van der Waals surface area contributed by atoms with Crippen molar-refractivity contribution < 1.29 is 33.7 Å². The Morgan fingerprint density at radius 2 is 2.05 bits per heavy atom. The Morgan fingerprint density at radius 1 is 1.26 bits per heavy atom. The van der Waals surface area contributed by atoms with Crippen LogP contribution in [-0.4, -0.2) is 5.78 Å². The first-order chi connectivity index (χ1) is 8.74. The second-order valence-corrected chi connectivity index (χ2v) is 4.45. The number of rotatable bonds is 5. The Bertz CT molecular complexity index is 569. The van der Waals surface area contributed by atoms with Crippen LogP contribution >= 0.6 is 0 Å². The number of aromatic nitrogens is 1. The summed E-state index contributed by atoms with van der Waals surface area (Å²) in [5, 5.41) is 12.4. The van der Waals surface area contributed by atoms with Crippen molar-refractivity contribution in [2.24, 2.45) is 0 Å². The summed E-state index contributed by atoms with van der Waals surface area (Å²) < 4.78 is 0. The Labute approximate surface area is 125 Å². The van der Waals surface area contributed by atoms with Gasteiger partial charge in [-0.3, -0.25) is 4.79 Å². The van der Waals surface area contributed by atoms with Crippen LogP contribution in [0.2, 0.25) is 0 Å². The van der Waals surface area contributed by atoms with Crippen LogP contribution in [0.15, 0.2) is 30.5 Å². The average molecular weight is 250 g/mol. The molecule has 0 aliphatic rings. The zero-order valence-corrected chi connectivity index (χ0v) is 11.5. The van der Waals surface area contributed by atoms with Crippen LogP contribution in [-0.2, 0) is 0 Å². The molecule has 0 amide bonds. The molecule has 0 atom stereocenters. The van der Waals surface area contributed by atoms with E-state index in [4.69, 9.17) is 0 Å². The Morgan fingerprint density at radius 3 is 2.79 bits per heavy atom. The molecule has 1 N–H and O–H groups in total. The van der Waals surface area contributed by atoms with E-state index in [1.165, 1.54) is 6.07 Å². The largest absolute Gasteiger partial charge is 1.00 e. The van der Waals surface area contributed by atoms with Crippen molar-refractivity contribution in [1.82, 2.24) is 0 Å². The molecule has 0 saturated heterocycles. The zero-order chi connectivity index (χ0) is 13.0. The number of fused-ring (bicyclic) bond motifs is 1. The third kappa shape index (κ3) is 3.59.